The van der Waals surface area contributed by atoms with Crippen LogP contribution in [0.4, 0.5) is 27.2 Å². The van der Waals surface area contributed by atoms with E-state index in [4.69, 9.17) is 0 Å². The Hall–Kier alpha value is -5.98. The fraction of sp³-hybridized carbons (Fsp3) is 0.488. The number of piperidine rings is 1. The number of alkyl halides is 4. The third kappa shape index (κ3) is 8.21. The molecule has 5 unspecified atom stereocenters. The van der Waals surface area contributed by atoms with Gasteiger partial charge in [-0.15, -0.1) is 0 Å². The molecule has 0 radical (unpaired) electrons. The van der Waals surface area contributed by atoms with Gasteiger partial charge in [0.25, 0.3) is 11.8 Å². The average molecular weight is 864 g/mol. The molecule has 6 heterocycles. The number of likely N-dealkylation sites (tertiary alicyclic amines) is 2. The molecule has 2 bridgehead atoms. The van der Waals surface area contributed by atoms with Gasteiger partial charge < -0.3 is 45.2 Å². The minimum Gasteiger partial charge on any atom is -0.453 e. The third-order valence-corrected chi connectivity index (χ3v) is 12.4. The first-order chi connectivity index (χ1) is 29.5. The number of fused-ring (bicyclic) bond motifs is 5. The lowest BCUT2D eigenvalue weighted by Crippen LogP contribution is -2.51. The van der Waals surface area contributed by atoms with Gasteiger partial charge in [-0.2, -0.15) is 0 Å². The van der Waals surface area contributed by atoms with Crippen LogP contribution in [0.1, 0.15) is 93.4 Å². The number of carbonyl (C=O) groups is 4. The van der Waals surface area contributed by atoms with Gasteiger partial charge in [0, 0.05) is 30.5 Å². The zero-order valence-corrected chi connectivity index (χ0v) is 34.9. The summed E-state index contributed by atoms with van der Waals surface area (Å²) in [5.41, 5.74) is 7.01. The highest BCUT2D eigenvalue weighted by atomic mass is 19.3. The zero-order chi connectivity index (χ0) is 44.2. The Bertz CT molecular complexity index is 2370. The van der Waals surface area contributed by atoms with Crippen molar-refractivity contribution in [1.82, 2.24) is 45.7 Å². The number of nitrogens with one attached hydrogen (secondary N) is 5. The van der Waals surface area contributed by atoms with Crippen LogP contribution in [-0.4, -0.2) is 105 Å². The molecule has 0 spiro atoms. The third-order valence-electron chi connectivity index (χ3n) is 12.4. The van der Waals surface area contributed by atoms with E-state index in [1.165, 1.54) is 7.11 Å². The molecule has 4 aliphatic rings. The molecule has 4 aliphatic heterocycles. The maximum atomic E-state index is 15.1. The molecular formula is C43H49F4N9O6. The molecule has 8 rings (SSSR count). The number of methoxy groups -OCH3 is 2. The Labute approximate surface area is 354 Å². The second-order valence-electron chi connectivity index (χ2n) is 17.1. The van der Waals surface area contributed by atoms with Crippen LogP contribution < -0.4 is 16.0 Å². The summed E-state index contributed by atoms with van der Waals surface area (Å²) in [5, 5.41) is 8.53. The summed E-state index contributed by atoms with van der Waals surface area (Å²) in [5.74, 6) is -7.20. The van der Waals surface area contributed by atoms with E-state index in [0.29, 0.717) is 17.3 Å². The van der Waals surface area contributed by atoms with Crippen molar-refractivity contribution >= 4 is 24.0 Å². The van der Waals surface area contributed by atoms with E-state index in [-0.39, 0.29) is 23.7 Å². The van der Waals surface area contributed by atoms with E-state index < -0.39 is 92.4 Å². The molecule has 0 aliphatic carbocycles. The van der Waals surface area contributed by atoms with Crippen LogP contribution in [0.2, 0.25) is 0 Å². The summed E-state index contributed by atoms with van der Waals surface area (Å²) in [6.45, 7) is 3.53. The van der Waals surface area contributed by atoms with Crippen LogP contribution in [0.25, 0.3) is 33.6 Å². The molecule has 0 saturated carbocycles. The topological polar surface area (TPSA) is 187 Å². The Morgan fingerprint density at radius 1 is 0.774 bits per heavy atom. The van der Waals surface area contributed by atoms with Gasteiger partial charge in [0.15, 0.2) is 0 Å². The zero-order valence-electron chi connectivity index (χ0n) is 34.9. The number of aromatic amines is 2. The minimum absolute atomic E-state index is 0.0267. The predicted octanol–water partition coefficient (Wildman–Crippen LogP) is 6.80. The number of rotatable bonds is 10. The Morgan fingerprint density at radius 2 is 1.31 bits per heavy atom. The molecule has 5 N–H and O–H groups in total. The van der Waals surface area contributed by atoms with Crippen molar-refractivity contribution in [2.45, 2.75) is 88.5 Å². The molecule has 4 amide bonds. The van der Waals surface area contributed by atoms with Gasteiger partial charge in [-0.25, -0.2) is 37.1 Å². The number of H-pyrrole nitrogens is 2. The molecule has 2 aromatic carbocycles. The number of imidazole rings is 2. The number of carbonyl (C=O) groups excluding carboxylic acids is 4. The first-order valence-electron chi connectivity index (χ1n) is 20.6. The number of hydrogen-bond donors (Lipinski definition) is 5. The molecule has 3 fully saturated rings. The van der Waals surface area contributed by atoms with Gasteiger partial charge in [0.1, 0.15) is 24.2 Å². The molecular weight excluding hydrogens is 815 g/mol. The molecule has 15 nitrogen and oxygen atoms in total. The van der Waals surface area contributed by atoms with E-state index in [2.05, 4.69) is 52.3 Å². The second kappa shape index (κ2) is 16.4. The smallest absolute Gasteiger partial charge is 0.407 e. The van der Waals surface area contributed by atoms with Gasteiger partial charge in [-0.05, 0) is 52.5 Å². The molecule has 19 heteroatoms. The molecule has 4 aromatic rings. The summed E-state index contributed by atoms with van der Waals surface area (Å²) in [7, 11) is 2.31. The van der Waals surface area contributed by atoms with Crippen molar-refractivity contribution in [3.63, 3.8) is 0 Å². The van der Waals surface area contributed by atoms with Crippen molar-refractivity contribution < 1.29 is 46.2 Å². The summed E-state index contributed by atoms with van der Waals surface area (Å²) in [6, 6.07) is 8.73. The van der Waals surface area contributed by atoms with Crippen LogP contribution >= 0.6 is 0 Å². The maximum Gasteiger partial charge on any atom is 0.407 e. The van der Waals surface area contributed by atoms with E-state index >= 15 is 8.78 Å². The van der Waals surface area contributed by atoms with Crippen LogP contribution in [0.5, 0.6) is 0 Å². The molecule has 62 heavy (non-hydrogen) atoms. The highest BCUT2D eigenvalue weighted by Crippen LogP contribution is 2.52. The van der Waals surface area contributed by atoms with Gasteiger partial charge in [0.2, 0.25) is 11.8 Å². The number of nitrogens with zero attached hydrogens (tertiary/aromatic N) is 4. The first kappa shape index (κ1) is 42.7. The van der Waals surface area contributed by atoms with Crippen molar-refractivity contribution in [3.05, 3.63) is 71.6 Å². The van der Waals surface area contributed by atoms with Crippen molar-refractivity contribution in [2.24, 2.45) is 11.8 Å². The van der Waals surface area contributed by atoms with Crippen LogP contribution in [-0.2, 0) is 19.1 Å². The molecule has 330 valence electrons. The number of hydrogen-bond acceptors (Lipinski definition) is 9. The summed E-state index contributed by atoms with van der Waals surface area (Å²) in [6.07, 6.45) is 2.03. The van der Waals surface area contributed by atoms with E-state index in [1.807, 2.05) is 36.4 Å². The lowest BCUT2D eigenvalue weighted by atomic mass is 9.88. The quantitative estimate of drug-likeness (QED) is 0.107. The Balaban J connectivity index is 1.06. The van der Waals surface area contributed by atoms with Gasteiger partial charge in [-0.1, -0.05) is 57.2 Å². The number of benzene rings is 2. The molecule has 6 atom stereocenters. The summed E-state index contributed by atoms with van der Waals surface area (Å²) < 4.78 is 68.6. The first-order valence-corrected chi connectivity index (χ1v) is 20.6. The standard InChI is InChI=1S/C43H49F4N9O6/c1-21(2)36(54-41(60)62-5)39(58)56-20-43(46,47)15-32(56)38-49-17-30(53-38)26-11-10-25(34-27-12-22(3)13-28(51-27)35(26)34)23-6-8-24(9-7-23)29-16-48-37(52-29)31-14-42(44,45)19-55(31)33(57)18-50-40(59)61-4/h6-11,16-17,21-22,27-28,31-32,36,51H,12-15,18-20H2,1-5H3,(H,48,52)(H,49,53)(H,50,59)(H,54,60)/t22?,27?,28?,31?,32-,36?/m0/s1. The van der Waals surface area contributed by atoms with Crippen LogP contribution in [0.3, 0.4) is 0 Å². The largest absolute Gasteiger partial charge is 0.453 e. The van der Waals surface area contributed by atoms with Gasteiger partial charge >= 0.3 is 12.2 Å². The SMILES string of the molecule is COC(=O)NCC(=O)N1CC(F)(F)CC1c1ncc(-c2ccc(-c3ccc(-c4cnc([C@@H]5CC(F)(F)CN5C(=O)C(NC(=O)OC)C(C)C)[nH]4)c4c3C3CC(C)CC4N3)cc2)[nH]1. The van der Waals surface area contributed by atoms with Crippen LogP contribution in [0, 0.1) is 11.8 Å². The number of aromatic nitrogens is 4. The number of halogens is 4. The predicted molar refractivity (Wildman–Crippen MR) is 217 cm³/mol. The van der Waals surface area contributed by atoms with Crippen molar-refractivity contribution in [3.8, 4) is 33.6 Å². The average Bonchev–Trinajstić information content (AvgIpc) is 4.08. The van der Waals surface area contributed by atoms with E-state index in [1.54, 1.807) is 26.2 Å². The lowest BCUT2D eigenvalue weighted by molar-refractivity contribution is -0.136. The number of amides is 4. The number of ether oxygens (including phenoxy) is 2. The summed E-state index contributed by atoms with van der Waals surface area (Å²) >= 11 is 0. The fourth-order valence-electron chi connectivity index (χ4n) is 9.50. The van der Waals surface area contributed by atoms with Crippen LogP contribution in [0.15, 0.2) is 48.8 Å². The summed E-state index contributed by atoms with van der Waals surface area (Å²) in [4.78, 5) is 67.7. The molecule has 2 aromatic heterocycles. The van der Waals surface area contributed by atoms with E-state index in [0.717, 1.165) is 63.1 Å². The normalized spacial score (nSPS) is 23.9. The fourth-order valence-corrected chi connectivity index (χ4v) is 9.50. The Morgan fingerprint density at radius 3 is 1.92 bits per heavy atom. The van der Waals surface area contributed by atoms with Gasteiger partial charge in [-0.3, -0.25) is 9.59 Å². The monoisotopic (exact) mass is 863 g/mol. The second-order valence-corrected chi connectivity index (χ2v) is 17.1. The van der Waals surface area contributed by atoms with E-state index in [9.17, 15) is 28.0 Å². The highest BCUT2D eigenvalue weighted by Gasteiger charge is 2.51. The van der Waals surface area contributed by atoms with Crippen molar-refractivity contribution in [1.29, 1.82) is 0 Å². The number of alkyl carbamates (subject to hydrolysis) is 2. The maximum absolute atomic E-state index is 15.1. The lowest BCUT2D eigenvalue weighted by Gasteiger charge is -2.29. The molecule has 3 saturated heterocycles. The van der Waals surface area contributed by atoms with Crippen molar-refractivity contribution in [2.75, 3.05) is 33.9 Å². The van der Waals surface area contributed by atoms with Gasteiger partial charge in [0.05, 0.1) is 63.2 Å². The highest BCUT2D eigenvalue weighted by molar-refractivity contribution is 5.87. The minimum atomic E-state index is -3.17. The Kier molecular flexibility index (Phi) is 11.3.